The van der Waals surface area contributed by atoms with Gasteiger partial charge in [-0.05, 0) is 97.5 Å². The number of phenols is 2. The van der Waals surface area contributed by atoms with Gasteiger partial charge >= 0.3 is 0 Å². The molecule has 0 saturated carbocycles. The van der Waals surface area contributed by atoms with Gasteiger partial charge in [0.1, 0.15) is 23.0 Å². The fraction of sp³-hybridized carbons (Fsp3) is 0.442. The normalized spacial score (nSPS) is 13.2. The second kappa shape index (κ2) is 18.1. The Kier molecular flexibility index (Phi) is 14.0. The van der Waals surface area contributed by atoms with Crippen molar-refractivity contribution in [1.82, 2.24) is 0 Å². The highest BCUT2D eigenvalue weighted by molar-refractivity contribution is 5.43. The zero-order chi connectivity index (χ0) is 35.3. The van der Waals surface area contributed by atoms with Crippen LogP contribution in [0.4, 0.5) is 0 Å². The third-order valence-corrected chi connectivity index (χ3v) is 9.43. The van der Waals surface area contributed by atoms with Crippen molar-refractivity contribution in [3.63, 3.8) is 0 Å². The lowest BCUT2D eigenvalue weighted by molar-refractivity contribution is -0.0677. The summed E-state index contributed by atoms with van der Waals surface area (Å²) in [5, 5.41) is 19.2. The van der Waals surface area contributed by atoms with Gasteiger partial charge in [0.15, 0.2) is 12.6 Å². The summed E-state index contributed by atoms with van der Waals surface area (Å²) in [6.45, 7) is 14.0. The van der Waals surface area contributed by atoms with E-state index in [2.05, 4.69) is 52.0 Å². The SMILES string of the molecule is CC(OCCCCCCCCCOC(C)Oc1ccc(C(C)(C)c2ccc(O)cc2)cc1)Oc1ccc(C(C)(C)c2ccc(O)cc2)cc1. The number of unbranched alkanes of at least 4 members (excludes halogenated alkanes) is 6. The Labute approximate surface area is 294 Å². The van der Waals surface area contributed by atoms with E-state index in [0.29, 0.717) is 13.2 Å². The zero-order valence-electron chi connectivity index (χ0n) is 30.3. The van der Waals surface area contributed by atoms with Crippen molar-refractivity contribution < 1.29 is 29.2 Å². The van der Waals surface area contributed by atoms with Crippen molar-refractivity contribution in [2.75, 3.05) is 13.2 Å². The van der Waals surface area contributed by atoms with Crippen LogP contribution in [0.15, 0.2) is 97.1 Å². The Morgan fingerprint density at radius 2 is 0.694 bits per heavy atom. The molecule has 0 saturated heterocycles. The van der Waals surface area contributed by atoms with Crippen LogP contribution >= 0.6 is 0 Å². The molecule has 4 aromatic rings. The molecular formula is C43H56O6. The van der Waals surface area contributed by atoms with E-state index in [9.17, 15) is 10.2 Å². The van der Waals surface area contributed by atoms with Crippen LogP contribution in [0.5, 0.6) is 23.0 Å². The topological polar surface area (TPSA) is 77.4 Å². The van der Waals surface area contributed by atoms with Crippen molar-refractivity contribution in [3.8, 4) is 23.0 Å². The minimum absolute atomic E-state index is 0.180. The molecule has 4 aromatic carbocycles. The van der Waals surface area contributed by atoms with Crippen molar-refractivity contribution in [3.05, 3.63) is 119 Å². The molecule has 2 atom stereocenters. The van der Waals surface area contributed by atoms with Gasteiger partial charge < -0.3 is 29.2 Å². The minimum Gasteiger partial charge on any atom is -0.508 e. The van der Waals surface area contributed by atoms with Gasteiger partial charge in [-0.15, -0.1) is 0 Å². The molecule has 6 heteroatoms. The first-order valence-corrected chi connectivity index (χ1v) is 17.8. The lowest BCUT2D eigenvalue weighted by atomic mass is 9.78. The van der Waals surface area contributed by atoms with Crippen LogP contribution in [-0.2, 0) is 20.3 Å². The smallest absolute Gasteiger partial charge is 0.196 e. The number of aromatic hydroxyl groups is 2. The van der Waals surface area contributed by atoms with E-state index >= 15 is 0 Å². The molecule has 2 N–H and O–H groups in total. The third-order valence-electron chi connectivity index (χ3n) is 9.43. The number of hydrogen-bond acceptors (Lipinski definition) is 6. The van der Waals surface area contributed by atoms with Gasteiger partial charge in [-0.1, -0.05) is 108 Å². The molecule has 0 aromatic heterocycles. The second-order valence-electron chi connectivity index (χ2n) is 14.0. The zero-order valence-corrected chi connectivity index (χ0v) is 30.3. The van der Waals surface area contributed by atoms with Crippen LogP contribution in [0.1, 0.15) is 109 Å². The van der Waals surface area contributed by atoms with Crippen molar-refractivity contribution in [2.24, 2.45) is 0 Å². The Morgan fingerprint density at radius 1 is 0.429 bits per heavy atom. The number of phenolic OH excluding ortho intramolecular Hbond substituents is 2. The van der Waals surface area contributed by atoms with E-state index in [1.165, 1.54) is 30.4 Å². The molecule has 0 fully saturated rings. The molecule has 0 aliphatic rings. The molecule has 0 amide bonds. The molecule has 264 valence electrons. The molecule has 0 bridgehead atoms. The fourth-order valence-electron chi connectivity index (χ4n) is 6.03. The fourth-order valence-corrected chi connectivity index (χ4v) is 6.03. The van der Waals surface area contributed by atoms with Crippen molar-refractivity contribution >= 4 is 0 Å². The molecule has 0 spiro atoms. The molecule has 49 heavy (non-hydrogen) atoms. The van der Waals surface area contributed by atoms with Crippen LogP contribution in [-0.4, -0.2) is 36.0 Å². The standard InChI is InChI=1S/C43H56O6/c1-32(48-40-26-18-36(19-27-40)42(3,4)34-14-22-38(44)23-15-34)46-30-12-10-8-7-9-11-13-31-47-33(2)49-41-28-20-37(21-29-41)43(5,6)35-16-24-39(45)25-17-35/h14-29,32-33,44-45H,7-13,30-31H2,1-6H3. The quantitative estimate of drug-likeness (QED) is 0.0721. The molecule has 6 nitrogen and oxygen atoms in total. The maximum Gasteiger partial charge on any atom is 0.196 e. The third kappa shape index (κ3) is 11.5. The van der Waals surface area contributed by atoms with E-state index in [-0.39, 0.29) is 34.9 Å². The van der Waals surface area contributed by atoms with Crippen LogP contribution < -0.4 is 9.47 Å². The van der Waals surface area contributed by atoms with Gasteiger partial charge in [0.05, 0.1) is 13.2 Å². The average Bonchev–Trinajstić information content (AvgIpc) is 3.08. The Bertz CT molecular complexity index is 1390. The van der Waals surface area contributed by atoms with E-state index in [1.54, 1.807) is 24.3 Å². The summed E-state index contributed by atoms with van der Waals surface area (Å²) < 4.78 is 23.8. The van der Waals surface area contributed by atoms with E-state index in [0.717, 1.165) is 48.3 Å². The maximum absolute atomic E-state index is 9.61. The highest BCUT2D eigenvalue weighted by Crippen LogP contribution is 2.34. The molecule has 0 heterocycles. The van der Waals surface area contributed by atoms with E-state index in [4.69, 9.17) is 18.9 Å². The summed E-state index contributed by atoms with van der Waals surface area (Å²) >= 11 is 0. The summed E-state index contributed by atoms with van der Waals surface area (Å²) in [5.74, 6) is 2.15. The van der Waals surface area contributed by atoms with Gasteiger partial charge in [0, 0.05) is 10.8 Å². The van der Waals surface area contributed by atoms with E-state index in [1.807, 2.05) is 62.4 Å². The van der Waals surface area contributed by atoms with Crippen molar-refractivity contribution in [1.29, 1.82) is 0 Å². The summed E-state index contributed by atoms with van der Waals surface area (Å²) in [6, 6.07) is 31.2. The van der Waals surface area contributed by atoms with Crippen LogP contribution in [0.25, 0.3) is 0 Å². The highest BCUT2D eigenvalue weighted by Gasteiger charge is 2.24. The minimum atomic E-state index is -0.301. The summed E-state index contributed by atoms with van der Waals surface area (Å²) in [6.07, 6.45) is 7.39. The monoisotopic (exact) mass is 668 g/mol. The Balaban J connectivity index is 1.01. The van der Waals surface area contributed by atoms with E-state index < -0.39 is 0 Å². The number of rotatable bonds is 20. The molecule has 2 unspecified atom stereocenters. The number of ether oxygens (including phenoxy) is 4. The summed E-state index contributed by atoms with van der Waals surface area (Å²) in [5.41, 5.74) is 4.29. The first-order valence-electron chi connectivity index (χ1n) is 17.8. The maximum atomic E-state index is 9.61. The van der Waals surface area contributed by atoms with Gasteiger partial charge in [0.25, 0.3) is 0 Å². The number of hydrogen-bond donors (Lipinski definition) is 2. The second-order valence-corrected chi connectivity index (χ2v) is 14.0. The highest BCUT2D eigenvalue weighted by atomic mass is 16.7. The van der Waals surface area contributed by atoms with Crippen LogP contribution in [0.3, 0.4) is 0 Å². The van der Waals surface area contributed by atoms with Gasteiger partial charge in [-0.3, -0.25) is 0 Å². The number of benzene rings is 4. The van der Waals surface area contributed by atoms with Crippen LogP contribution in [0.2, 0.25) is 0 Å². The van der Waals surface area contributed by atoms with Gasteiger partial charge in [-0.2, -0.15) is 0 Å². The Morgan fingerprint density at radius 3 is 1.00 bits per heavy atom. The predicted octanol–water partition coefficient (Wildman–Crippen LogP) is 10.7. The first kappa shape index (κ1) is 37.8. The Hall–Kier alpha value is -4.00. The van der Waals surface area contributed by atoms with Crippen molar-refractivity contribution in [2.45, 2.75) is 110 Å². The predicted molar refractivity (Wildman–Crippen MR) is 198 cm³/mol. The average molecular weight is 669 g/mol. The largest absolute Gasteiger partial charge is 0.508 e. The summed E-state index contributed by atoms with van der Waals surface area (Å²) in [7, 11) is 0. The molecule has 0 aliphatic carbocycles. The lowest BCUT2D eigenvalue weighted by Gasteiger charge is -2.26. The molecule has 0 radical (unpaired) electrons. The van der Waals surface area contributed by atoms with Gasteiger partial charge in [-0.25, -0.2) is 0 Å². The van der Waals surface area contributed by atoms with Gasteiger partial charge in [0.2, 0.25) is 0 Å². The first-order chi connectivity index (χ1) is 23.4. The molecular weight excluding hydrogens is 612 g/mol. The lowest BCUT2D eigenvalue weighted by Crippen LogP contribution is -2.19. The molecule has 4 rings (SSSR count). The van der Waals surface area contributed by atoms with Crippen LogP contribution in [0, 0.1) is 0 Å². The molecule has 0 aliphatic heterocycles. The summed E-state index contributed by atoms with van der Waals surface area (Å²) in [4.78, 5) is 0.